The summed E-state index contributed by atoms with van der Waals surface area (Å²) in [5.41, 5.74) is 4.50. The second kappa shape index (κ2) is 8.87. The SMILES string of the molecule is Cc1cc2cc(C#N)c(NCCNC(=S)Nc3ccccc3Cl)nc2cc1C. The number of rotatable bonds is 5. The van der Waals surface area contributed by atoms with E-state index in [0.717, 1.165) is 16.6 Å². The Labute approximate surface area is 174 Å². The first-order valence-corrected chi connectivity index (χ1v) is 9.62. The molecule has 7 heteroatoms. The number of benzene rings is 2. The molecule has 0 unspecified atom stereocenters. The Bertz CT molecular complexity index is 1070. The number of pyridine rings is 1. The quantitative estimate of drug-likeness (QED) is 0.416. The molecule has 3 rings (SSSR count). The van der Waals surface area contributed by atoms with E-state index < -0.39 is 0 Å². The Hall–Kier alpha value is -2.88. The third kappa shape index (κ3) is 4.69. The van der Waals surface area contributed by atoms with Gasteiger partial charge in [0.1, 0.15) is 11.9 Å². The molecule has 0 saturated heterocycles. The smallest absolute Gasteiger partial charge is 0.170 e. The minimum atomic E-state index is 0.480. The van der Waals surface area contributed by atoms with Crippen molar-refractivity contribution in [3.05, 3.63) is 64.2 Å². The molecule has 0 aliphatic heterocycles. The summed E-state index contributed by atoms with van der Waals surface area (Å²) in [6, 6.07) is 15.6. The Kier molecular flexibility index (Phi) is 6.30. The van der Waals surface area contributed by atoms with Crippen LogP contribution in [0.4, 0.5) is 11.5 Å². The van der Waals surface area contributed by atoms with Crippen molar-refractivity contribution in [2.45, 2.75) is 13.8 Å². The lowest BCUT2D eigenvalue weighted by Crippen LogP contribution is -2.32. The van der Waals surface area contributed by atoms with Crippen LogP contribution < -0.4 is 16.0 Å². The summed E-state index contributed by atoms with van der Waals surface area (Å²) in [7, 11) is 0. The zero-order valence-electron chi connectivity index (χ0n) is 15.6. The molecule has 28 heavy (non-hydrogen) atoms. The maximum absolute atomic E-state index is 9.45. The molecule has 0 aliphatic carbocycles. The molecule has 0 fully saturated rings. The molecule has 0 aliphatic rings. The summed E-state index contributed by atoms with van der Waals surface area (Å²) in [5, 5.41) is 20.9. The second-order valence-corrected chi connectivity index (χ2v) is 7.23. The van der Waals surface area contributed by atoms with Crippen molar-refractivity contribution in [1.82, 2.24) is 10.3 Å². The fraction of sp³-hybridized carbons (Fsp3) is 0.190. The highest BCUT2D eigenvalue weighted by Gasteiger charge is 2.08. The molecule has 3 aromatic rings. The number of nitriles is 1. The molecule has 0 bridgehead atoms. The van der Waals surface area contributed by atoms with Gasteiger partial charge in [-0.25, -0.2) is 4.98 Å². The van der Waals surface area contributed by atoms with Gasteiger partial charge in [0.25, 0.3) is 0 Å². The van der Waals surface area contributed by atoms with E-state index in [1.54, 1.807) is 6.07 Å². The fourth-order valence-electron chi connectivity index (χ4n) is 2.75. The topological polar surface area (TPSA) is 72.8 Å². The summed E-state index contributed by atoms with van der Waals surface area (Å²) in [5.74, 6) is 0.574. The molecular weight excluding hydrogens is 390 g/mol. The molecule has 1 aromatic heterocycles. The Morgan fingerprint density at radius 1 is 1.14 bits per heavy atom. The van der Waals surface area contributed by atoms with E-state index in [2.05, 4.69) is 46.9 Å². The number of fused-ring (bicyclic) bond motifs is 1. The zero-order chi connectivity index (χ0) is 20.1. The minimum absolute atomic E-state index is 0.480. The van der Waals surface area contributed by atoms with Crippen LogP contribution in [0.1, 0.15) is 16.7 Å². The summed E-state index contributed by atoms with van der Waals surface area (Å²) >= 11 is 11.4. The van der Waals surface area contributed by atoms with E-state index in [0.29, 0.717) is 34.6 Å². The van der Waals surface area contributed by atoms with Crippen LogP contribution >= 0.6 is 23.8 Å². The van der Waals surface area contributed by atoms with Gasteiger partial charge in [-0.15, -0.1) is 0 Å². The third-order valence-corrected chi connectivity index (χ3v) is 4.95. The number of nitrogens with one attached hydrogen (secondary N) is 3. The third-order valence-electron chi connectivity index (χ3n) is 4.38. The van der Waals surface area contributed by atoms with Gasteiger partial charge < -0.3 is 16.0 Å². The van der Waals surface area contributed by atoms with Crippen LogP contribution in [0.3, 0.4) is 0 Å². The first-order valence-electron chi connectivity index (χ1n) is 8.83. The monoisotopic (exact) mass is 409 g/mol. The second-order valence-electron chi connectivity index (χ2n) is 6.41. The van der Waals surface area contributed by atoms with E-state index in [1.807, 2.05) is 30.3 Å². The van der Waals surface area contributed by atoms with Crippen molar-refractivity contribution in [2.75, 3.05) is 23.7 Å². The Morgan fingerprint density at radius 3 is 2.64 bits per heavy atom. The van der Waals surface area contributed by atoms with Crippen molar-refractivity contribution in [3.8, 4) is 6.07 Å². The lowest BCUT2D eigenvalue weighted by atomic mass is 10.0. The molecule has 1 heterocycles. The number of nitrogens with zero attached hydrogens (tertiary/aromatic N) is 2. The number of thiocarbonyl (C=S) groups is 1. The van der Waals surface area contributed by atoms with Crippen molar-refractivity contribution in [3.63, 3.8) is 0 Å². The number of hydrogen-bond acceptors (Lipinski definition) is 4. The fourth-order valence-corrected chi connectivity index (χ4v) is 3.14. The van der Waals surface area contributed by atoms with E-state index in [9.17, 15) is 5.26 Å². The number of aromatic nitrogens is 1. The van der Waals surface area contributed by atoms with Crippen molar-refractivity contribution in [1.29, 1.82) is 5.26 Å². The average molecular weight is 410 g/mol. The van der Waals surface area contributed by atoms with Crippen LogP contribution in [0.5, 0.6) is 0 Å². The van der Waals surface area contributed by atoms with E-state index >= 15 is 0 Å². The molecule has 0 amide bonds. The Morgan fingerprint density at radius 2 is 1.89 bits per heavy atom. The molecule has 0 atom stereocenters. The van der Waals surface area contributed by atoms with Crippen molar-refractivity contribution >= 4 is 51.3 Å². The molecule has 142 valence electrons. The summed E-state index contributed by atoms with van der Waals surface area (Å²) in [4.78, 5) is 4.62. The van der Waals surface area contributed by atoms with Crippen LogP contribution in [-0.2, 0) is 0 Å². The van der Waals surface area contributed by atoms with Gasteiger partial charge in [-0.1, -0.05) is 23.7 Å². The molecule has 0 saturated carbocycles. The largest absolute Gasteiger partial charge is 0.367 e. The van der Waals surface area contributed by atoms with Gasteiger partial charge in [-0.2, -0.15) is 5.26 Å². The van der Waals surface area contributed by atoms with Gasteiger partial charge >= 0.3 is 0 Å². The van der Waals surface area contributed by atoms with Crippen LogP contribution in [0.15, 0.2) is 42.5 Å². The van der Waals surface area contributed by atoms with Gasteiger partial charge in [-0.05, 0) is 67.5 Å². The highest BCUT2D eigenvalue weighted by molar-refractivity contribution is 7.80. The van der Waals surface area contributed by atoms with Gasteiger partial charge in [0.05, 0.1) is 21.8 Å². The summed E-state index contributed by atoms with van der Waals surface area (Å²) < 4.78 is 0. The number of aryl methyl sites for hydroxylation is 2. The predicted molar refractivity (Wildman–Crippen MR) is 120 cm³/mol. The molecular formula is C21H20ClN5S. The van der Waals surface area contributed by atoms with Crippen molar-refractivity contribution in [2.24, 2.45) is 0 Å². The number of halogens is 1. The first-order chi connectivity index (χ1) is 13.5. The predicted octanol–water partition coefficient (Wildman–Crippen LogP) is 4.78. The number of para-hydroxylation sites is 1. The highest BCUT2D eigenvalue weighted by atomic mass is 35.5. The van der Waals surface area contributed by atoms with Gasteiger partial charge in [0, 0.05) is 18.5 Å². The Balaban J connectivity index is 1.60. The maximum Gasteiger partial charge on any atom is 0.170 e. The zero-order valence-corrected chi connectivity index (χ0v) is 17.2. The van der Waals surface area contributed by atoms with Crippen LogP contribution in [0.2, 0.25) is 5.02 Å². The lowest BCUT2D eigenvalue weighted by Gasteiger charge is -2.13. The van der Waals surface area contributed by atoms with E-state index in [-0.39, 0.29) is 0 Å². The standard InChI is InChI=1S/C21H20ClN5S/c1-13-9-15-11-16(12-23)20(26-19(15)10-14(13)2)24-7-8-25-21(28)27-18-6-4-3-5-17(18)22/h3-6,9-11H,7-8H2,1-2H3,(H,24,26)(H2,25,27,28). The minimum Gasteiger partial charge on any atom is -0.367 e. The average Bonchev–Trinajstić information content (AvgIpc) is 2.67. The highest BCUT2D eigenvalue weighted by Crippen LogP contribution is 2.23. The lowest BCUT2D eigenvalue weighted by molar-refractivity contribution is 0.911. The van der Waals surface area contributed by atoms with Crippen LogP contribution in [0.25, 0.3) is 10.9 Å². The van der Waals surface area contributed by atoms with E-state index in [1.165, 1.54) is 11.1 Å². The van der Waals surface area contributed by atoms with Crippen LogP contribution in [0, 0.1) is 25.2 Å². The van der Waals surface area contributed by atoms with Crippen molar-refractivity contribution < 1.29 is 0 Å². The van der Waals surface area contributed by atoms with Crippen LogP contribution in [-0.4, -0.2) is 23.2 Å². The number of anilines is 2. The summed E-state index contributed by atoms with van der Waals surface area (Å²) in [6.45, 7) is 5.23. The molecule has 3 N–H and O–H groups in total. The van der Waals surface area contributed by atoms with Gasteiger partial charge in [0.15, 0.2) is 5.11 Å². The molecule has 2 aromatic carbocycles. The normalized spacial score (nSPS) is 10.4. The van der Waals surface area contributed by atoms with E-state index in [4.69, 9.17) is 23.8 Å². The maximum atomic E-state index is 9.45. The molecule has 0 radical (unpaired) electrons. The molecule has 0 spiro atoms. The number of hydrogen-bond donors (Lipinski definition) is 3. The molecule has 5 nitrogen and oxygen atoms in total. The summed E-state index contributed by atoms with van der Waals surface area (Å²) in [6.07, 6.45) is 0. The first kappa shape index (κ1) is 19.9. The van der Waals surface area contributed by atoms with Gasteiger partial charge in [0.2, 0.25) is 0 Å². The van der Waals surface area contributed by atoms with Gasteiger partial charge in [-0.3, -0.25) is 0 Å².